The van der Waals surface area contributed by atoms with Gasteiger partial charge in [0.2, 0.25) is 0 Å². The number of aromatic nitrogens is 5. The minimum absolute atomic E-state index is 0.0775. The fourth-order valence-electron chi connectivity index (χ4n) is 6.00. The average Bonchev–Trinajstić information content (AvgIpc) is 3.20. The number of piperidine rings is 1. The van der Waals surface area contributed by atoms with E-state index in [0.29, 0.717) is 46.1 Å². The van der Waals surface area contributed by atoms with Gasteiger partial charge in [-0.05, 0) is 35.6 Å². The van der Waals surface area contributed by atoms with Crippen LogP contribution in [0.5, 0.6) is 0 Å². The van der Waals surface area contributed by atoms with E-state index >= 15 is 0 Å². The molecule has 1 saturated carbocycles. The van der Waals surface area contributed by atoms with Crippen LogP contribution in [0, 0.1) is 17.7 Å². The molecule has 1 aliphatic heterocycles. The van der Waals surface area contributed by atoms with E-state index in [9.17, 15) is 4.39 Å². The van der Waals surface area contributed by atoms with Crippen LogP contribution in [0.25, 0.3) is 33.3 Å². The molecular weight excluding hydrogens is 429 g/mol. The number of H-pyrrole nitrogens is 1. The second kappa shape index (κ2) is 7.04. The van der Waals surface area contributed by atoms with Crippen molar-refractivity contribution in [3.8, 4) is 11.3 Å². The summed E-state index contributed by atoms with van der Waals surface area (Å²) in [6, 6.07) is 17.4. The minimum Gasteiger partial charge on any atom is -0.355 e. The Morgan fingerprint density at radius 1 is 1.00 bits per heavy atom. The van der Waals surface area contributed by atoms with Crippen molar-refractivity contribution in [2.24, 2.45) is 17.6 Å². The fraction of sp³-hybridized carbons (Fsp3) is 0.231. The molecule has 0 bridgehead atoms. The minimum atomic E-state index is -0.357. The van der Waals surface area contributed by atoms with Gasteiger partial charge in [0.1, 0.15) is 28.4 Å². The van der Waals surface area contributed by atoms with Gasteiger partial charge in [0.15, 0.2) is 5.65 Å². The van der Waals surface area contributed by atoms with E-state index in [2.05, 4.69) is 44.3 Å². The Balaban J connectivity index is 1.20. The summed E-state index contributed by atoms with van der Waals surface area (Å²) < 4.78 is 14.2. The van der Waals surface area contributed by atoms with Crippen molar-refractivity contribution < 1.29 is 4.39 Å². The zero-order chi connectivity index (χ0) is 22.9. The average molecular weight is 452 g/mol. The first kappa shape index (κ1) is 19.5. The predicted octanol–water partition coefficient (Wildman–Crippen LogP) is 3.67. The maximum absolute atomic E-state index is 14.2. The second-order valence-electron chi connectivity index (χ2n) is 9.22. The van der Waals surface area contributed by atoms with Gasteiger partial charge in [-0.15, -0.1) is 0 Å². The Bertz CT molecular complexity index is 1540. The van der Waals surface area contributed by atoms with Gasteiger partial charge >= 0.3 is 0 Å². The first-order valence-corrected chi connectivity index (χ1v) is 11.5. The molecule has 3 N–H and O–H groups in total. The van der Waals surface area contributed by atoms with E-state index in [1.807, 2.05) is 18.3 Å². The normalized spacial score (nSPS) is 23.5. The molecule has 168 valence electrons. The van der Waals surface area contributed by atoms with Crippen molar-refractivity contribution in [3.63, 3.8) is 0 Å². The van der Waals surface area contributed by atoms with Crippen LogP contribution in [-0.2, 0) is 5.41 Å². The number of nitrogens with one attached hydrogen (secondary N) is 1. The number of benzene rings is 2. The van der Waals surface area contributed by atoms with Crippen LogP contribution >= 0.6 is 0 Å². The van der Waals surface area contributed by atoms with E-state index in [0.717, 1.165) is 24.5 Å². The van der Waals surface area contributed by atoms with Gasteiger partial charge in [-0.1, -0.05) is 36.4 Å². The van der Waals surface area contributed by atoms with Crippen molar-refractivity contribution in [1.82, 2.24) is 25.1 Å². The highest BCUT2D eigenvalue weighted by Crippen LogP contribution is 2.63. The number of fused-ring (bicyclic) bond motifs is 3. The summed E-state index contributed by atoms with van der Waals surface area (Å²) in [5.74, 6) is 1.52. The monoisotopic (exact) mass is 451 g/mol. The molecule has 7 nitrogen and oxygen atoms in total. The van der Waals surface area contributed by atoms with E-state index in [-0.39, 0.29) is 11.2 Å². The lowest BCUT2D eigenvalue weighted by Gasteiger charge is -2.26. The predicted molar refractivity (Wildman–Crippen MR) is 129 cm³/mol. The van der Waals surface area contributed by atoms with E-state index < -0.39 is 0 Å². The molecule has 1 unspecified atom stereocenters. The maximum Gasteiger partial charge on any atom is 0.177 e. The fourth-order valence-corrected chi connectivity index (χ4v) is 6.00. The lowest BCUT2D eigenvalue weighted by molar-refractivity contribution is 0.553. The highest BCUT2D eigenvalue weighted by Gasteiger charge is 2.68. The number of halogens is 1. The lowest BCUT2D eigenvalue weighted by Crippen LogP contribution is -2.35. The summed E-state index contributed by atoms with van der Waals surface area (Å²) in [6.45, 7) is 2.48. The molecule has 5 aromatic rings. The molecule has 2 aromatic carbocycles. The number of rotatable bonds is 4. The second-order valence-corrected chi connectivity index (χ2v) is 9.22. The molecule has 8 heteroatoms. The SMILES string of the molecule is NCC1(c2ccccc2)[C@@H]2CN(c3cnc4c(-c5ccc(F)c6ncccc56)n[nH]c4n3)C[C@@H]21. The number of hydrogen-bond acceptors (Lipinski definition) is 6. The van der Waals surface area contributed by atoms with E-state index in [1.54, 1.807) is 18.3 Å². The van der Waals surface area contributed by atoms with Crippen LogP contribution in [0.1, 0.15) is 5.56 Å². The number of nitrogens with zero attached hydrogens (tertiary/aromatic N) is 5. The quantitative estimate of drug-likeness (QED) is 0.433. The molecular formula is C26H22FN7. The number of nitrogens with two attached hydrogens (primary N) is 1. The molecule has 2 fully saturated rings. The number of pyridine rings is 1. The van der Waals surface area contributed by atoms with Crippen LogP contribution in [0.3, 0.4) is 0 Å². The maximum atomic E-state index is 14.2. The Kier molecular flexibility index (Phi) is 4.05. The Labute approximate surface area is 194 Å². The topological polar surface area (TPSA) is 96.6 Å². The third-order valence-electron chi connectivity index (χ3n) is 7.74. The molecule has 34 heavy (non-hydrogen) atoms. The molecule has 0 radical (unpaired) electrons. The molecule has 1 saturated heterocycles. The first-order valence-electron chi connectivity index (χ1n) is 11.5. The van der Waals surface area contributed by atoms with Crippen LogP contribution < -0.4 is 10.6 Å². The van der Waals surface area contributed by atoms with E-state index in [1.165, 1.54) is 11.6 Å². The van der Waals surface area contributed by atoms with Gasteiger partial charge in [-0.25, -0.2) is 14.4 Å². The molecule has 3 aromatic heterocycles. The van der Waals surface area contributed by atoms with Gasteiger partial charge < -0.3 is 10.6 Å². The summed E-state index contributed by atoms with van der Waals surface area (Å²) in [4.78, 5) is 16.0. The van der Waals surface area contributed by atoms with Gasteiger partial charge in [-0.2, -0.15) is 5.10 Å². The van der Waals surface area contributed by atoms with Gasteiger partial charge in [0.05, 0.1) is 6.20 Å². The van der Waals surface area contributed by atoms with Gasteiger partial charge in [-0.3, -0.25) is 10.1 Å². The third-order valence-corrected chi connectivity index (χ3v) is 7.74. The lowest BCUT2D eigenvalue weighted by atomic mass is 9.90. The van der Waals surface area contributed by atoms with Crippen LogP contribution in [0.15, 0.2) is 67.0 Å². The summed E-state index contributed by atoms with van der Waals surface area (Å²) in [7, 11) is 0. The zero-order valence-electron chi connectivity index (χ0n) is 18.3. The molecule has 7 rings (SSSR count). The van der Waals surface area contributed by atoms with Crippen molar-refractivity contribution >= 4 is 27.9 Å². The number of aromatic amines is 1. The summed E-state index contributed by atoms with van der Waals surface area (Å²) in [5, 5.41) is 8.19. The zero-order valence-corrected chi connectivity index (χ0v) is 18.3. The first-order chi connectivity index (χ1) is 16.7. The van der Waals surface area contributed by atoms with Gasteiger partial charge in [0.25, 0.3) is 0 Å². The Morgan fingerprint density at radius 3 is 2.62 bits per heavy atom. The van der Waals surface area contributed by atoms with Crippen molar-refractivity contribution in [2.45, 2.75) is 5.41 Å². The molecule has 4 heterocycles. The number of hydrogen-bond donors (Lipinski definition) is 2. The Morgan fingerprint density at radius 2 is 1.82 bits per heavy atom. The highest BCUT2D eigenvalue weighted by atomic mass is 19.1. The van der Waals surface area contributed by atoms with Crippen molar-refractivity contribution in [1.29, 1.82) is 0 Å². The molecule has 2 aliphatic rings. The highest BCUT2D eigenvalue weighted by molar-refractivity contribution is 6.00. The standard InChI is InChI=1S/C26H22FN7/c27-20-9-8-17(16-7-4-10-29-22(16)20)23-24-25(33-32-23)31-21(11-30-24)34-12-18-19(13-34)26(18,14-28)15-5-2-1-3-6-15/h1-11,18-19H,12-14,28H2,(H,31,32,33)/t18-,19+,26?. The van der Waals surface area contributed by atoms with Crippen molar-refractivity contribution in [2.75, 3.05) is 24.5 Å². The summed E-state index contributed by atoms with van der Waals surface area (Å²) in [6.07, 6.45) is 3.39. The van der Waals surface area contributed by atoms with E-state index in [4.69, 9.17) is 15.7 Å². The summed E-state index contributed by atoms with van der Waals surface area (Å²) >= 11 is 0. The molecule has 0 amide bonds. The van der Waals surface area contributed by atoms with Crippen LogP contribution in [-0.4, -0.2) is 44.8 Å². The Hall–Kier alpha value is -3.91. The number of anilines is 1. The molecule has 3 atom stereocenters. The van der Waals surface area contributed by atoms with Crippen LogP contribution in [0.2, 0.25) is 0 Å². The van der Waals surface area contributed by atoms with Crippen molar-refractivity contribution in [3.05, 3.63) is 78.4 Å². The molecule has 1 aliphatic carbocycles. The third kappa shape index (κ3) is 2.60. The van der Waals surface area contributed by atoms with Gasteiger partial charge in [0, 0.05) is 42.2 Å². The van der Waals surface area contributed by atoms with Crippen LogP contribution in [0.4, 0.5) is 10.2 Å². The smallest absolute Gasteiger partial charge is 0.177 e. The largest absolute Gasteiger partial charge is 0.355 e. The summed E-state index contributed by atoms with van der Waals surface area (Å²) in [5.41, 5.74) is 10.7. The molecule has 0 spiro atoms.